The number of nitrogens with one attached hydrogen (secondary N) is 1. The van der Waals surface area contributed by atoms with Crippen molar-refractivity contribution in [3.05, 3.63) is 0 Å². The second-order valence-electron chi connectivity index (χ2n) is 17.7. The smallest absolute Gasteiger partial charge is 0.194 e. The zero-order chi connectivity index (χ0) is 30.6. The van der Waals surface area contributed by atoms with E-state index in [2.05, 4.69) is 52.3 Å². The molecule has 0 amide bonds. The molecule has 3 aliphatic heterocycles. The molecule has 4 bridgehead atoms. The van der Waals surface area contributed by atoms with E-state index in [1.165, 1.54) is 96.4 Å². The first-order chi connectivity index (χ1) is 21.2. The molecular weight excluding hydrogens is 542 g/mol. The topological polar surface area (TPSA) is 75.2 Å². The summed E-state index contributed by atoms with van der Waals surface area (Å²) in [5.74, 6) is 6.53. The van der Waals surface area contributed by atoms with Crippen LogP contribution in [0.25, 0.3) is 0 Å². The monoisotopic (exact) mass is 608 g/mol. The maximum Gasteiger partial charge on any atom is 0.194 e. The van der Waals surface area contributed by atoms with Gasteiger partial charge in [0.15, 0.2) is 11.9 Å². The molecule has 0 spiro atoms. The number of aliphatic imine (C=N–C) groups is 1. The molecule has 248 valence electrons. The fourth-order valence-corrected chi connectivity index (χ4v) is 11.9. The molecule has 7 nitrogen and oxygen atoms in total. The molecule has 0 aromatic carbocycles. The third-order valence-electron chi connectivity index (χ3n) is 13.8. The maximum atomic E-state index is 9.84. The van der Waals surface area contributed by atoms with E-state index in [-0.39, 0.29) is 0 Å². The molecule has 4 atom stereocenters. The summed E-state index contributed by atoms with van der Waals surface area (Å²) < 4.78 is 0. The highest BCUT2D eigenvalue weighted by Crippen LogP contribution is 2.60. The minimum atomic E-state index is 0.437. The van der Waals surface area contributed by atoms with Crippen LogP contribution in [0.3, 0.4) is 0 Å². The second kappa shape index (κ2) is 12.6. The molecule has 8 aliphatic rings. The standard InChI is InChI=1S/C37H65N7/c1-25(2)33-20-40-35(38)43(33)22-31-11-8-12-41(31)21-32(16-27-9-6-5-7-10-27)42-23-34(26(3)4)44(36(42)39)24-37-17-28-13-29(18-37)15-30(14-28)19-37/h25-34,39H,5-24H2,1-4H3,(H2,38,40)/t28?,29?,30?,31-,32+,33-,34-,37?/m0/s1. The summed E-state index contributed by atoms with van der Waals surface area (Å²) in [4.78, 5) is 15.2. The van der Waals surface area contributed by atoms with Crippen molar-refractivity contribution >= 4 is 11.9 Å². The van der Waals surface area contributed by atoms with E-state index in [0.29, 0.717) is 41.4 Å². The highest BCUT2D eigenvalue weighted by Gasteiger charge is 2.53. The van der Waals surface area contributed by atoms with Gasteiger partial charge in [0, 0.05) is 38.3 Å². The summed E-state index contributed by atoms with van der Waals surface area (Å²) in [6, 6.07) is 1.90. The summed E-state index contributed by atoms with van der Waals surface area (Å²) in [5.41, 5.74) is 6.95. The Morgan fingerprint density at radius 2 is 1.52 bits per heavy atom. The zero-order valence-electron chi connectivity index (χ0n) is 28.7. The Labute approximate surface area is 269 Å². The lowest BCUT2D eigenvalue weighted by Gasteiger charge is -2.58. The van der Waals surface area contributed by atoms with Crippen LogP contribution in [0.4, 0.5) is 0 Å². The van der Waals surface area contributed by atoms with Gasteiger partial charge in [0.25, 0.3) is 0 Å². The van der Waals surface area contributed by atoms with Crippen molar-refractivity contribution in [1.82, 2.24) is 19.6 Å². The Morgan fingerprint density at radius 1 is 0.864 bits per heavy atom. The maximum absolute atomic E-state index is 9.84. The zero-order valence-corrected chi connectivity index (χ0v) is 28.7. The number of likely N-dealkylation sites (tertiary alicyclic amines) is 1. The fraction of sp³-hybridized carbons (Fsp3) is 0.946. The highest BCUT2D eigenvalue weighted by molar-refractivity contribution is 5.80. The largest absolute Gasteiger partial charge is 0.370 e. The lowest BCUT2D eigenvalue weighted by Crippen LogP contribution is -2.54. The second-order valence-corrected chi connectivity index (χ2v) is 17.7. The van der Waals surface area contributed by atoms with Crippen LogP contribution in [0, 0.1) is 46.3 Å². The number of rotatable bonds is 11. The Kier molecular flexibility index (Phi) is 8.91. The first-order valence-corrected chi connectivity index (χ1v) is 19.1. The van der Waals surface area contributed by atoms with Gasteiger partial charge < -0.3 is 20.4 Å². The lowest BCUT2D eigenvalue weighted by atomic mass is 9.49. The predicted molar refractivity (Wildman–Crippen MR) is 182 cm³/mol. The number of hydrogen-bond donors (Lipinski definition) is 2. The summed E-state index contributed by atoms with van der Waals surface area (Å²) in [6.45, 7) is 15.9. The number of nitrogens with zero attached hydrogens (tertiary/aromatic N) is 5. The first kappa shape index (κ1) is 31.1. The van der Waals surface area contributed by atoms with E-state index in [1.54, 1.807) is 0 Å². The SMILES string of the molecule is CC(C)[C@@H]1CN([C@H](CC2CCCCC2)CN2CCC[C@H]2CN2C(N)=NC[C@H]2C(C)C)C(=N)N1CC12CC3CC(CC(C3)C1)C2. The van der Waals surface area contributed by atoms with Gasteiger partial charge in [0.1, 0.15) is 0 Å². The van der Waals surface area contributed by atoms with Crippen molar-refractivity contribution in [3.63, 3.8) is 0 Å². The Hall–Kier alpha value is -1.50. The van der Waals surface area contributed by atoms with Crippen molar-refractivity contribution in [2.45, 2.75) is 142 Å². The molecule has 8 rings (SSSR count). The molecule has 0 radical (unpaired) electrons. The van der Waals surface area contributed by atoms with Gasteiger partial charge in [-0.05, 0) is 105 Å². The summed E-state index contributed by atoms with van der Waals surface area (Å²) in [6.07, 6.45) is 19.6. The Balaban J connectivity index is 1.09. The van der Waals surface area contributed by atoms with E-state index < -0.39 is 0 Å². The lowest BCUT2D eigenvalue weighted by molar-refractivity contribution is -0.0648. The van der Waals surface area contributed by atoms with Crippen molar-refractivity contribution in [2.75, 3.05) is 39.3 Å². The minimum Gasteiger partial charge on any atom is -0.370 e. The molecule has 2 saturated heterocycles. The van der Waals surface area contributed by atoms with Gasteiger partial charge in [-0.2, -0.15) is 0 Å². The minimum absolute atomic E-state index is 0.437. The Bertz CT molecular complexity index is 1010. The van der Waals surface area contributed by atoms with Crippen LogP contribution in [0.15, 0.2) is 4.99 Å². The fourth-order valence-electron chi connectivity index (χ4n) is 11.9. The van der Waals surface area contributed by atoms with Gasteiger partial charge in [0.05, 0.1) is 18.6 Å². The molecule has 5 aliphatic carbocycles. The van der Waals surface area contributed by atoms with Gasteiger partial charge in [0.2, 0.25) is 0 Å². The summed E-state index contributed by atoms with van der Waals surface area (Å²) in [5, 5.41) is 9.84. The summed E-state index contributed by atoms with van der Waals surface area (Å²) in [7, 11) is 0. The van der Waals surface area contributed by atoms with Crippen molar-refractivity contribution in [3.8, 4) is 0 Å². The molecule has 7 heteroatoms. The quantitative estimate of drug-likeness (QED) is 0.291. The van der Waals surface area contributed by atoms with Crippen LogP contribution in [-0.4, -0.2) is 95.0 Å². The number of guanidine groups is 2. The van der Waals surface area contributed by atoms with Crippen LogP contribution in [0.5, 0.6) is 0 Å². The predicted octanol–water partition coefficient (Wildman–Crippen LogP) is 6.24. The van der Waals surface area contributed by atoms with E-state index in [1.807, 2.05) is 0 Å². The first-order valence-electron chi connectivity index (χ1n) is 19.1. The van der Waals surface area contributed by atoms with Gasteiger partial charge in [-0.3, -0.25) is 15.3 Å². The van der Waals surface area contributed by atoms with Crippen LogP contribution in [0.1, 0.15) is 118 Å². The Morgan fingerprint density at radius 3 is 2.16 bits per heavy atom. The molecule has 0 aromatic heterocycles. The van der Waals surface area contributed by atoms with Crippen molar-refractivity contribution < 1.29 is 0 Å². The number of hydrogen-bond acceptors (Lipinski definition) is 5. The van der Waals surface area contributed by atoms with Crippen LogP contribution in [-0.2, 0) is 0 Å². The third kappa shape index (κ3) is 6.13. The van der Waals surface area contributed by atoms with Crippen LogP contribution in [0.2, 0.25) is 0 Å². The van der Waals surface area contributed by atoms with Gasteiger partial charge in [-0.1, -0.05) is 59.8 Å². The molecule has 44 heavy (non-hydrogen) atoms. The summed E-state index contributed by atoms with van der Waals surface area (Å²) >= 11 is 0. The third-order valence-corrected chi connectivity index (χ3v) is 13.8. The normalized spacial score (nSPS) is 38.6. The molecule has 0 aromatic rings. The van der Waals surface area contributed by atoms with E-state index in [0.717, 1.165) is 68.3 Å². The molecule has 3 heterocycles. The van der Waals surface area contributed by atoms with Gasteiger partial charge in [-0.25, -0.2) is 0 Å². The van der Waals surface area contributed by atoms with Crippen LogP contribution >= 0.6 is 0 Å². The van der Waals surface area contributed by atoms with Crippen molar-refractivity contribution in [1.29, 1.82) is 5.41 Å². The van der Waals surface area contributed by atoms with E-state index in [4.69, 9.17) is 5.73 Å². The van der Waals surface area contributed by atoms with Crippen molar-refractivity contribution in [2.24, 2.45) is 51.6 Å². The van der Waals surface area contributed by atoms with E-state index >= 15 is 0 Å². The molecule has 0 unspecified atom stereocenters. The van der Waals surface area contributed by atoms with Gasteiger partial charge in [-0.15, -0.1) is 0 Å². The number of nitrogens with two attached hydrogens (primary N) is 1. The molecular formula is C37H65N7. The molecule has 5 saturated carbocycles. The molecule has 3 N–H and O–H groups in total. The van der Waals surface area contributed by atoms with Crippen LogP contribution < -0.4 is 5.73 Å². The average molecular weight is 608 g/mol. The van der Waals surface area contributed by atoms with Gasteiger partial charge >= 0.3 is 0 Å². The average Bonchev–Trinajstić information content (AvgIpc) is 3.66. The molecule has 7 fully saturated rings. The van der Waals surface area contributed by atoms with E-state index in [9.17, 15) is 5.41 Å². The highest BCUT2D eigenvalue weighted by atomic mass is 15.5.